The number of benzene rings is 1. The van der Waals surface area contributed by atoms with Crippen molar-refractivity contribution in [1.82, 2.24) is 0 Å². The standard InChI is InChI=1S/C18H19ClO4/c1-11-4-2-6-13(8-11)16(20)15(17(21)18(22)23)10-12-5-3-7-14(19)9-12/h3,5,7,9-11,13H,2,4,6,8H2,1H3,(H,22,23)/b15-10+/t11-,13-/m0/s1. The van der Waals surface area contributed by atoms with Gasteiger partial charge in [0.2, 0.25) is 0 Å². The number of carboxylic acids is 1. The first-order chi connectivity index (χ1) is 10.9. The van der Waals surface area contributed by atoms with Crippen molar-refractivity contribution < 1.29 is 19.5 Å². The van der Waals surface area contributed by atoms with E-state index < -0.39 is 11.8 Å². The average Bonchev–Trinajstić information content (AvgIpc) is 2.51. The molecule has 0 bridgehead atoms. The summed E-state index contributed by atoms with van der Waals surface area (Å²) in [6.45, 7) is 2.07. The van der Waals surface area contributed by atoms with E-state index in [2.05, 4.69) is 6.92 Å². The van der Waals surface area contributed by atoms with Gasteiger partial charge >= 0.3 is 5.97 Å². The van der Waals surface area contributed by atoms with Gasteiger partial charge in [0.1, 0.15) is 0 Å². The molecule has 0 amide bonds. The van der Waals surface area contributed by atoms with E-state index in [0.29, 0.717) is 29.3 Å². The van der Waals surface area contributed by atoms with Crippen LogP contribution in [0.1, 0.15) is 38.2 Å². The van der Waals surface area contributed by atoms with Gasteiger partial charge in [0, 0.05) is 10.9 Å². The van der Waals surface area contributed by atoms with Crippen LogP contribution in [-0.2, 0) is 14.4 Å². The first-order valence-electron chi connectivity index (χ1n) is 7.67. The Morgan fingerprint density at radius 1 is 1.26 bits per heavy atom. The van der Waals surface area contributed by atoms with Gasteiger partial charge in [-0.1, -0.05) is 43.5 Å². The van der Waals surface area contributed by atoms with E-state index in [0.717, 1.165) is 12.8 Å². The number of ketones is 2. The van der Waals surface area contributed by atoms with Crippen LogP contribution in [0.4, 0.5) is 0 Å². The van der Waals surface area contributed by atoms with Gasteiger partial charge in [0.05, 0.1) is 5.57 Å². The molecular formula is C18H19ClO4. The lowest BCUT2D eigenvalue weighted by atomic mass is 9.78. The van der Waals surface area contributed by atoms with E-state index in [4.69, 9.17) is 16.7 Å². The van der Waals surface area contributed by atoms with Crippen LogP contribution in [0.25, 0.3) is 6.08 Å². The Morgan fingerprint density at radius 3 is 2.61 bits per heavy atom. The number of carbonyl (C=O) groups is 3. The van der Waals surface area contributed by atoms with Crippen molar-refractivity contribution in [3.05, 3.63) is 40.4 Å². The Bertz CT molecular complexity index is 663. The second-order valence-electron chi connectivity index (χ2n) is 6.08. The molecule has 2 rings (SSSR count). The molecule has 1 saturated carbocycles. The van der Waals surface area contributed by atoms with Crippen molar-refractivity contribution in [2.24, 2.45) is 11.8 Å². The zero-order valence-electron chi connectivity index (χ0n) is 12.9. The number of hydrogen-bond acceptors (Lipinski definition) is 3. The predicted octanol–water partition coefficient (Wildman–Crippen LogP) is 3.77. The smallest absolute Gasteiger partial charge is 0.377 e. The van der Waals surface area contributed by atoms with Crippen molar-refractivity contribution in [2.45, 2.75) is 32.6 Å². The third-order valence-corrected chi connectivity index (χ3v) is 4.41. The van der Waals surface area contributed by atoms with E-state index in [1.54, 1.807) is 24.3 Å². The Kier molecular flexibility index (Phi) is 5.72. The third kappa shape index (κ3) is 4.52. The van der Waals surface area contributed by atoms with Crippen LogP contribution in [0.2, 0.25) is 5.02 Å². The van der Waals surface area contributed by atoms with Crippen LogP contribution < -0.4 is 0 Å². The fourth-order valence-corrected chi connectivity index (χ4v) is 3.22. The van der Waals surface area contributed by atoms with Crippen molar-refractivity contribution in [3.63, 3.8) is 0 Å². The largest absolute Gasteiger partial charge is 0.475 e. The van der Waals surface area contributed by atoms with Crippen LogP contribution in [0.15, 0.2) is 29.8 Å². The highest BCUT2D eigenvalue weighted by Crippen LogP contribution is 2.31. The molecule has 1 aliphatic rings. The number of halogens is 1. The van der Waals surface area contributed by atoms with Crippen LogP contribution in [-0.4, -0.2) is 22.6 Å². The summed E-state index contributed by atoms with van der Waals surface area (Å²) in [6.07, 6.45) is 4.71. The summed E-state index contributed by atoms with van der Waals surface area (Å²) in [5, 5.41) is 9.47. The molecule has 122 valence electrons. The lowest BCUT2D eigenvalue weighted by Crippen LogP contribution is -2.29. The van der Waals surface area contributed by atoms with Crippen molar-refractivity contribution in [3.8, 4) is 0 Å². The van der Waals surface area contributed by atoms with Crippen molar-refractivity contribution in [2.75, 3.05) is 0 Å². The Morgan fingerprint density at radius 2 is 2.00 bits per heavy atom. The monoisotopic (exact) mass is 334 g/mol. The molecule has 1 aromatic carbocycles. The number of aliphatic carboxylic acids is 1. The first-order valence-corrected chi connectivity index (χ1v) is 8.05. The summed E-state index contributed by atoms with van der Waals surface area (Å²) < 4.78 is 0. The second-order valence-corrected chi connectivity index (χ2v) is 6.52. The van der Waals surface area contributed by atoms with Gasteiger partial charge in [0.15, 0.2) is 5.78 Å². The Balaban J connectivity index is 2.36. The van der Waals surface area contributed by atoms with Gasteiger partial charge in [-0.2, -0.15) is 0 Å². The van der Waals surface area contributed by atoms with E-state index in [9.17, 15) is 14.4 Å². The molecule has 4 nitrogen and oxygen atoms in total. The minimum absolute atomic E-state index is 0.265. The molecule has 0 unspecified atom stereocenters. The summed E-state index contributed by atoms with van der Waals surface area (Å²) in [5.41, 5.74) is 0.276. The summed E-state index contributed by atoms with van der Waals surface area (Å²) in [6, 6.07) is 6.62. The normalized spacial score (nSPS) is 21.7. The maximum Gasteiger partial charge on any atom is 0.377 e. The second kappa shape index (κ2) is 7.55. The van der Waals surface area contributed by atoms with Gasteiger partial charge < -0.3 is 5.11 Å². The number of hydrogen-bond donors (Lipinski definition) is 1. The molecule has 0 heterocycles. The minimum Gasteiger partial charge on any atom is -0.475 e. The topological polar surface area (TPSA) is 71.4 Å². The molecule has 0 spiro atoms. The highest BCUT2D eigenvalue weighted by Gasteiger charge is 2.32. The van der Waals surface area contributed by atoms with E-state index in [-0.39, 0.29) is 17.3 Å². The third-order valence-electron chi connectivity index (χ3n) is 4.17. The number of carbonyl (C=O) groups excluding carboxylic acids is 2. The molecule has 23 heavy (non-hydrogen) atoms. The molecule has 2 atom stereocenters. The molecule has 1 N–H and O–H groups in total. The first kappa shape index (κ1) is 17.4. The minimum atomic E-state index is -1.62. The van der Waals surface area contributed by atoms with Crippen LogP contribution >= 0.6 is 11.6 Å². The van der Waals surface area contributed by atoms with E-state index >= 15 is 0 Å². The lowest BCUT2D eigenvalue weighted by Gasteiger charge is -2.25. The number of carboxylic acid groups (broad SMARTS) is 1. The summed E-state index contributed by atoms with van der Waals surface area (Å²) in [4.78, 5) is 35.8. The maximum atomic E-state index is 12.7. The van der Waals surface area contributed by atoms with Gasteiger partial charge in [-0.05, 0) is 42.5 Å². The Hall–Kier alpha value is -1.94. The molecule has 0 radical (unpaired) electrons. The maximum absolute atomic E-state index is 12.7. The lowest BCUT2D eigenvalue weighted by molar-refractivity contribution is -0.148. The SMILES string of the molecule is C[C@H]1CCC[C@H](C(=O)/C(=C\c2cccc(Cl)c2)C(=O)C(=O)O)C1. The van der Waals surface area contributed by atoms with E-state index in [1.807, 2.05) is 0 Å². The van der Waals surface area contributed by atoms with Crippen molar-refractivity contribution in [1.29, 1.82) is 0 Å². The van der Waals surface area contributed by atoms with Gasteiger partial charge in [-0.15, -0.1) is 0 Å². The fraction of sp³-hybridized carbons (Fsp3) is 0.389. The van der Waals surface area contributed by atoms with E-state index in [1.165, 1.54) is 6.08 Å². The van der Waals surface area contributed by atoms with Crippen LogP contribution in [0.5, 0.6) is 0 Å². The zero-order valence-corrected chi connectivity index (χ0v) is 13.7. The fourth-order valence-electron chi connectivity index (χ4n) is 3.02. The predicted molar refractivity (Wildman–Crippen MR) is 88.2 cm³/mol. The quantitative estimate of drug-likeness (QED) is 0.385. The summed E-state index contributed by atoms with van der Waals surface area (Å²) in [5.74, 6) is -3.02. The zero-order chi connectivity index (χ0) is 17.0. The molecule has 1 fully saturated rings. The molecule has 5 heteroatoms. The Labute approximate surface area is 140 Å². The van der Waals surface area contributed by atoms with Crippen LogP contribution in [0, 0.1) is 11.8 Å². The average molecular weight is 335 g/mol. The van der Waals surface area contributed by atoms with Crippen molar-refractivity contribution >= 4 is 35.2 Å². The number of rotatable bonds is 5. The molecule has 0 aromatic heterocycles. The molecule has 0 aliphatic heterocycles. The van der Waals surface area contributed by atoms with Gasteiger partial charge in [-0.25, -0.2) is 4.79 Å². The molecule has 1 aromatic rings. The van der Waals surface area contributed by atoms with Gasteiger partial charge in [-0.3, -0.25) is 9.59 Å². The molecular weight excluding hydrogens is 316 g/mol. The molecule has 0 saturated heterocycles. The highest BCUT2D eigenvalue weighted by molar-refractivity contribution is 6.48. The molecule has 1 aliphatic carbocycles. The van der Waals surface area contributed by atoms with Crippen LogP contribution in [0.3, 0.4) is 0 Å². The summed E-state index contributed by atoms with van der Waals surface area (Å²) >= 11 is 5.90. The number of Topliss-reactive ketones (excluding diaryl/α,β-unsaturated/α-hetero) is 2. The highest BCUT2D eigenvalue weighted by atomic mass is 35.5. The van der Waals surface area contributed by atoms with Gasteiger partial charge in [0.25, 0.3) is 5.78 Å². The summed E-state index contributed by atoms with van der Waals surface area (Å²) in [7, 11) is 0.